The number of hydrogen-bond acceptors (Lipinski definition) is 9. The number of rotatable bonds is 20. The topological polar surface area (TPSA) is 117 Å². The molecule has 0 saturated heterocycles. The van der Waals surface area contributed by atoms with E-state index in [4.69, 9.17) is 18.6 Å². The molecule has 0 amide bonds. The standard InChI is InChI=1S/C16H31B4NO8/c1-11(9-26-17-22)13(3)15(28-19-24)5-7-21-8-6-16(29-20-25)14(4)12(2)10-27-18-23/h11-16,21H,5-10H2,1-4H3. The van der Waals surface area contributed by atoms with Gasteiger partial charge in [0.25, 0.3) is 0 Å². The molecule has 0 aliphatic rings. The zero-order chi connectivity index (χ0) is 22.1. The molecule has 29 heavy (non-hydrogen) atoms. The molecule has 0 aliphatic heterocycles. The molecule has 0 saturated carbocycles. The van der Waals surface area contributed by atoms with Gasteiger partial charge in [-0.25, -0.2) is 0 Å². The first kappa shape index (κ1) is 27.6. The average Bonchev–Trinajstić information content (AvgIpc) is 2.72. The third kappa shape index (κ3) is 12.0. The molecule has 1 N–H and O–H groups in total. The van der Waals surface area contributed by atoms with Crippen molar-refractivity contribution < 1.29 is 37.4 Å². The molecule has 9 nitrogen and oxygen atoms in total. The first-order valence-electron chi connectivity index (χ1n) is 9.92. The van der Waals surface area contributed by atoms with Crippen molar-refractivity contribution in [2.45, 2.75) is 52.7 Å². The summed E-state index contributed by atoms with van der Waals surface area (Å²) in [5, 5.41) is 3.27. The van der Waals surface area contributed by atoms with Gasteiger partial charge in [0.1, 0.15) is 0 Å². The van der Waals surface area contributed by atoms with Crippen LogP contribution in [0.5, 0.6) is 0 Å². The summed E-state index contributed by atoms with van der Waals surface area (Å²) in [7, 11) is 1.69. The van der Waals surface area contributed by atoms with Crippen LogP contribution in [0, 0.1) is 23.7 Å². The Morgan fingerprint density at radius 1 is 0.655 bits per heavy atom. The predicted molar refractivity (Wildman–Crippen MR) is 106 cm³/mol. The minimum atomic E-state index is -0.299. The van der Waals surface area contributed by atoms with Crippen molar-refractivity contribution in [1.29, 1.82) is 0 Å². The monoisotopic (exact) mass is 409 g/mol. The third-order valence-corrected chi connectivity index (χ3v) is 5.49. The molecule has 160 valence electrons. The Hall–Kier alpha value is -1.38. The molecule has 0 bridgehead atoms. The fourth-order valence-corrected chi connectivity index (χ4v) is 3.08. The molecule has 13 heteroatoms. The fourth-order valence-electron chi connectivity index (χ4n) is 3.08. The van der Waals surface area contributed by atoms with Gasteiger partial charge in [-0.2, -0.15) is 0 Å². The Labute approximate surface area is 175 Å². The SMILES string of the molecule is CC(COB=O)C(C)C(CCNCCC(OB=O)C(C)C(C)COB=O)OB=O. The zero-order valence-corrected chi connectivity index (χ0v) is 17.8. The summed E-state index contributed by atoms with van der Waals surface area (Å²) in [6.07, 6.45) is 0.603. The summed E-state index contributed by atoms with van der Waals surface area (Å²) in [4.78, 5) is 0. The van der Waals surface area contributed by atoms with Gasteiger partial charge in [0.15, 0.2) is 0 Å². The van der Waals surface area contributed by atoms with Crippen molar-refractivity contribution in [3.8, 4) is 0 Å². The second kappa shape index (κ2) is 17.5. The number of nitrogens with one attached hydrogen (secondary N) is 1. The van der Waals surface area contributed by atoms with E-state index in [0.717, 1.165) is 0 Å². The van der Waals surface area contributed by atoms with E-state index >= 15 is 0 Å². The van der Waals surface area contributed by atoms with E-state index in [9.17, 15) is 18.8 Å². The molecule has 0 aromatic carbocycles. The summed E-state index contributed by atoms with van der Waals surface area (Å²) in [6.45, 7) is 9.52. The Bertz CT molecular complexity index is 436. The van der Waals surface area contributed by atoms with Crippen molar-refractivity contribution in [3.63, 3.8) is 0 Å². The molecular weight excluding hydrogens is 377 g/mol. The zero-order valence-electron chi connectivity index (χ0n) is 17.8. The van der Waals surface area contributed by atoms with Crippen molar-refractivity contribution in [1.82, 2.24) is 5.32 Å². The van der Waals surface area contributed by atoms with Gasteiger partial charge in [0, 0.05) is 0 Å². The molecule has 6 unspecified atom stereocenters. The average molecular weight is 409 g/mol. The molecule has 0 rings (SSSR count). The molecule has 0 aliphatic carbocycles. The van der Waals surface area contributed by atoms with Crippen LogP contribution in [0.2, 0.25) is 0 Å². The van der Waals surface area contributed by atoms with Crippen molar-refractivity contribution >= 4 is 29.4 Å². The van der Waals surface area contributed by atoms with E-state index in [1.807, 2.05) is 27.7 Å². The van der Waals surface area contributed by atoms with Crippen LogP contribution in [0.1, 0.15) is 40.5 Å². The van der Waals surface area contributed by atoms with Gasteiger partial charge < -0.3 is 0 Å². The summed E-state index contributed by atoms with van der Waals surface area (Å²) in [6, 6.07) is 0. The Kier molecular flexibility index (Phi) is 16.6. The van der Waals surface area contributed by atoms with Gasteiger partial charge in [-0.1, -0.05) is 0 Å². The minimum absolute atomic E-state index is 0.0202. The maximum absolute atomic E-state index is 10.8. The first-order valence-corrected chi connectivity index (χ1v) is 9.92. The van der Waals surface area contributed by atoms with Gasteiger partial charge >= 0.3 is 175 Å². The van der Waals surface area contributed by atoms with Crippen LogP contribution < -0.4 is 5.32 Å². The summed E-state index contributed by atoms with van der Waals surface area (Å²) in [5.74, 6) is 0.136. The van der Waals surface area contributed by atoms with E-state index < -0.39 is 0 Å². The molecule has 0 radical (unpaired) electrons. The van der Waals surface area contributed by atoms with Crippen LogP contribution in [-0.2, 0) is 37.4 Å². The van der Waals surface area contributed by atoms with Gasteiger partial charge in [-0.15, -0.1) is 0 Å². The van der Waals surface area contributed by atoms with E-state index in [1.165, 1.54) is 0 Å². The fraction of sp³-hybridized carbons (Fsp3) is 1.00. The molecular formula is C16H31B4NO8. The van der Waals surface area contributed by atoms with Gasteiger partial charge in [-0.05, 0) is 0 Å². The van der Waals surface area contributed by atoms with Crippen LogP contribution in [-0.4, -0.2) is 67.9 Å². The van der Waals surface area contributed by atoms with Gasteiger partial charge in [-0.3, -0.25) is 0 Å². The van der Waals surface area contributed by atoms with Gasteiger partial charge in [0.2, 0.25) is 0 Å². The second-order valence-electron chi connectivity index (χ2n) is 7.40. The Morgan fingerprint density at radius 3 is 1.34 bits per heavy atom. The molecule has 0 aromatic heterocycles. The van der Waals surface area contributed by atoms with E-state index in [-0.39, 0.29) is 49.1 Å². The van der Waals surface area contributed by atoms with Crippen LogP contribution in [0.3, 0.4) is 0 Å². The van der Waals surface area contributed by atoms with Crippen molar-refractivity contribution in [3.05, 3.63) is 0 Å². The van der Waals surface area contributed by atoms with Crippen LogP contribution >= 0.6 is 0 Å². The Morgan fingerprint density at radius 2 is 1.03 bits per heavy atom. The van der Waals surface area contributed by atoms with E-state index in [0.29, 0.717) is 55.3 Å². The first-order chi connectivity index (χ1) is 13.9. The van der Waals surface area contributed by atoms with Crippen LogP contribution in [0.15, 0.2) is 0 Å². The van der Waals surface area contributed by atoms with Gasteiger partial charge in [0.05, 0.1) is 0 Å². The maximum atomic E-state index is 10.8. The molecule has 0 spiro atoms. The molecule has 6 atom stereocenters. The molecule has 0 heterocycles. The van der Waals surface area contributed by atoms with Crippen molar-refractivity contribution in [2.24, 2.45) is 23.7 Å². The van der Waals surface area contributed by atoms with Crippen LogP contribution in [0.25, 0.3) is 0 Å². The Balaban J connectivity index is 4.42. The van der Waals surface area contributed by atoms with Crippen LogP contribution in [0.4, 0.5) is 0 Å². The van der Waals surface area contributed by atoms with E-state index in [2.05, 4.69) is 5.32 Å². The normalized spacial score (nSPS) is 16.4. The quantitative estimate of drug-likeness (QED) is 0.228. The molecule has 0 aromatic rings. The molecule has 0 fully saturated rings. The summed E-state index contributed by atoms with van der Waals surface area (Å²) in [5.41, 5.74) is 0. The number of hydrogen-bond donors (Lipinski definition) is 1. The van der Waals surface area contributed by atoms with E-state index in [1.54, 1.807) is 0 Å². The predicted octanol–water partition coefficient (Wildman–Crippen LogP) is 0.563. The third-order valence-electron chi connectivity index (χ3n) is 5.49. The second-order valence-corrected chi connectivity index (χ2v) is 7.40. The summed E-state index contributed by atoms with van der Waals surface area (Å²) < 4.78 is 62.3. The van der Waals surface area contributed by atoms with Crippen molar-refractivity contribution in [2.75, 3.05) is 26.3 Å². The summed E-state index contributed by atoms with van der Waals surface area (Å²) >= 11 is 0.